The van der Waals surface area contributed by atoms with Crippen LogP contribution >= 0.6 is 11.6 Å². The molecule has 0 aliphatic heterocycles. The Balaban J connectivity index is 2.17. The Morgan fingerprint density at radius 2 is 1.68 bits per heavy atom. The number of hydrogen-bond acceptors (Lipinski definition) is 3. The van der Waals surface area contributed by atoms with Crippen molar-refractivity contribution in [3.63, 3.8) is 0 Å². The first-order valence-electron chi connectivity index (χ1n) is 6.32. The molecular weight excluding hydrogens is 303 g/mol. The van der Waals surface area contributed by atoms with E-state index in [1.165, 1.54) is 18.2 Å². The summed E-state index contributed by atoms with van der Waals surface area (Å²) >= 11 is 5.93. The Labute approximate surface area is 131 Å². The number of aromatic nitrogens is 3. The van der Waals surface area contributed by atoms with E-state index < -0.39 is 5.82 Å². The standard InChI is InChI=1S/C16H8ClFN4/c1-19-11-7-8-13(18)12(9-11)15-20-14(21-16(17)22-15)10-5-3-2-4-6-10/h2-9H. The number of benzene rings is 2. The highest BCUT2D eigenvalue weighted by atomic mass is 35.5. The predicted octanol–water partition coefficient (Wildman–Crippen LogP) is 4.55. The van der Waals surface area contributed by atoms with Gasteiger partial charge < -0.3 is 0 Å². The molecule has 0 atom stereocenters. The third-order valence-electron chi connectivity index (χ3n) is 2.96. The van der Waals surface area contributed by atoms with Crippen LogP contribution in [-0.2, 0) is 0 Å². The maximum atomic E-state index is 14.0. The number of hydrogen-bond donors (Lipinski definition) is 0. The third kappa shape index (κ3) is 2.78. The highest BCUT2D eigenvalue weighted by Gasteiger charge is 2.13. The fourth-order valence-electron chi connectivity index (χ4n) is 1.94. The van der Waals surface area contributed by atoms with Crippen molar-refractivity contribution in [3.8, 4) is 22.8 Å². The molecule has 106 valence electrons. The van der Waals surface area contributed by atoms with E-state index in [1.807, 2.05) is 30.3 Å². The summed E-state index contributed by atoms with van der Waals surface area (Å²) in [5.41, 5.74) is 1.17. The Morgan fingerprint density at radius 1 is 0.955 bits per heavy atom. The van der Waals surface area contributed by atoms with Crippen molar-refractivity contribution in [2.75, 3.05) is 0 Å². The van der Waals surface area contributed by atoms with Crippen LogP contribution in [0.25, 0.3) is 27.6 Å². The lowest BCUT2D eigenvalue weighted by atomic mass is 10.1. The Morgan fingerprint density at radius 3 is 2.41 bits per heavy atom. The van der Waals surface area contributed by atoms with Gasteiger partial charge in [0.25, 0.3) is 0 Å². The smallest absolute Gasteiger partial charge is 0.226 e. The lowest BCUT2D eigenvalue weighted by Crippen LogP contribution is -1.98. The molecular formula is C16H8ClFN4. The van der Waals surface area contributed by atoms with Crippen molar-refractivity contribution in [3.05, 3.63) is 71.0 Å². The molecule has 0 saturated heterocycles. The van der Waals surface area contributed by atoms with Crippen LogP contribution in [0, 0.1) is 12.4 Å². The molecule has 22 heavy (non-hydrogen) atoms. The minimum absolute atomic E-state index is 0.0310. The summed E-state index contributed by atoms with van der Waals surface area (Å²) < 4.78 is 14.0. The van der Waals surface area contributed by atoms with Gasteiger partial charge in [-0.15, -0.1) is 0 Å². The summed E-state index contributed by atoms with van der Waals surface area (Å²) in [6.45, 7) is 7.02. The van der Waals surface area contributed by atoms with Gasteiger partial charge in [0.15, 0.2) is 17.3 Å². The van der Waals surface area contributed by atoms with Gasteiger partial charge in [0.2, 0.25) is 5.28 Å². The SMILES string of the molecule is [C-]#[N+]c1ccc(F)c(-c2nc(Cl)nc(-c3ccccc3)n2)c1. The lowest BCUT2D eigenvalue weighted by molar-refractivity contribution is 0.630. The molecule has 0 aliphatic rings. The Kier molecular flexibility index (Phi) is 3.77. The molecule has 3 rings (SSSR count). The zero-order valence-corrected chi connectivity index (χ0v) is 11.9. The summed E-state index contributed by atoms with van der Waals surface area (Å²) in [4.78, 5) is 15.6. The van der Waals surface area contributed by atoms with Gasteiger partial charge in [-0.1, -0.05) is 36.4 Å². The average Bonchev–Trinajstić information content (AvgIpc) is 2.55. The second-order valence-electron chi connectivity index (χ2n) is 4.39. The van der Waals surface area contributed by atoms with Gasteiger partial charge in [-0.3, -0.25) is 0 Å². The highest BCUT2D eigenvalue weighted by molar-refractivity contribution is 6.28. The lowest BCUT2D eigenvalue weighted by Gasteiger charge is -2.06. The van der Waals surface area contributed by atoms with Crippen LogP contribution in [0.2, 0.25) is 5.28 Å². The van der Waals surface area contributed by atoms with E-state index in [1.54, 1.807) is 0 Å². The van der Waals surface area contributed by atoms with Crippen LogP contribution in [0.1, 0.15) is 0 Å². The van der Waals surface area contributed by atoms with E-state index in [0.29, 0.717) is 11.5 Å². The molecule has 0 N–H and O–H groups in total. The molecule has 0 fully saturated rings. The zero-order chi connectivity index (χ0) is 15.5. The number of rotatable bonds is 2. The molecule has 0 unspecified atom stereocenters. The summed E-state index contributed by atoms with van der Waals surface area (Å²) in [6, 6.07) is 13.2. The fraction of sp³-hybridized carbons (Fsp3) is 0. The second kappa shape index (κ2) is 5.88. The quantitative estimate of drug-likeness (QED) is 0.652. The van der Waals surface area contributed by atoms with Crippen molar-refractivity contribution in [1.29, 1.82) is 0 Å². The van der Waals surface area contributed by atoms with Crippen LogP contribution in [0.4, 0.5) is 10.1 Å². The number of halogens is 2. The first-order valence-corrected chi connectivity index (χ1v) is 6.69. The Bertz CT molecular complexity index is 875. The largest absolute Gasteiger partial charge is 0.238 e. The minimum atomic E-state index is -0.520. The van der Waals surface area contributed by atoms with Crippen LogP contribution in [0.3, 0.4) is 0 Å². The molecule has 6 heteroatoms. The fourth-order valence-corrected chi connectivity index (χ4v) is 2.10. The second-order valence-corrected chi connectivity index (χ2v) is 4.73. The van der Waals surface area contributed by atoms with Crippen molar-refractivity contribution < 1.29 is 4.39 Å². The van der Waals surface area contributed by atoms with Gasteiger partial charge in [0, 0.05) is 11.1 Å². The van der Waals surface area contributed by atoms with Gasteiger partial charge in [-0.25, -0.2) is 14.2 Å². The van der Waals surface area contributed by atoms with Crippen LogP contribution in [0.15, 0.2) is 48.5 Å². The summed E-state index contributed by atoms with van der Waals surface area (Å²) in [5.74, 6) is -0.0706. The minimum Gasteiger partial charge on any atom is -0.238 e. The van der Waals surface area contributed by atoms with Crippen LogP contribution < -0.4 is 0 Å². The van der Waals surface area contributed by atoms with E-state index in [0.717, 1.165) is 5.56 Å². The Hall–Kier alpha value is -2.84. The van der Waals surface area contributed by atoms with E-state index in [4.69, 9.17) is 18.2 Å². The highest BCUT2D eigenvalue weighted by Crippen LogP contribution is 2.27. The van der Waals surface area contributed by atoms with Gasteiger partial charge in [0.1, 0.15) is 5.82 Å². The van der Waals surface area contributed by atoms with Crippen molar-refractivity contribution in [2.24, 2.45) is 0 Å². The van der Waals surface area contributed by atoms with Gasteiger partial charge in [0.05, 0.1) is 6.57 Å². The van der Waals surface area contributed by atoms with E-state index in [-0.39, 0.29) is 16.7 Å². The number of nitrogens with zero attached hydrogens (tertiary/aromatic N) is 4. The van der Waals surface area contributed by atoms with Crippen molar-refractivity contribution in [2.45, 2.75) is 0 Å². The molecule has 2 aromatic carbocycles. The maximum absolute atomic E-state index is 14.0. The average molecular weight is 311 g/mol. The first-order chi connectivity index (χ1) is 10.7. The van der Waals surface area contributed by atoms with E-state index in [2.05, 4.69) is 19.8 Å². The van der Waals surface area contributed by atoms with Gasteiger partial charge >= 0.3 is 0 Å². The topological polar surface area (TPSA) is 43.0 Å². The zero-order valence-electron chi connectivity index (χ0n) is 11.2. The molecule has 4 nitrogen and oxygen atoms in total. The van der Waals surface area contributed by atoms with E-state index in [9.17, 15) is 4.39 Å². The third-order valence-corrected chi connectivity index (χ3v) is 3.13. The monoisotopic (exact) mass is 310 g/mol. The molecule has 3 aromatic rings. The molecule has 0 amide bonds. The van der Waals surface area contributed by atoms with Gasteiger partial charge in [-0.2, -0.15) is 9.97 Å². The van der Waals surface area contributed by atoms with Gasteiger partial charge in [-0.05, 0) is 23.7 Å². The van der Waals surface area contributed by atoms with Crippen molar-refractivity contribution in [1.82, 2.24) is 15.0 Å². The first kappa shape index (κ1) is 14.1. The molecule has 0 bridgehead atoms. The van der Waals surface area contributed by atoms with E-state index >= 15 is 0 Å². The molecule has 0 radical (unpaired) electrons. The predicted molar refractivity (Wildman–Crippen MR) is 81.9 cm³/mol. The molecule has 1 heterocycles. The van der Waals surface area contributed by atoms with Crippen molar-refractivity contribution >= 4 is 17.3 Å². The molecule has 0 saturated carbocycles. The molecule has 0 aliphatic carbocycles. The summed E-state index contributed by atoms with van der Waals surface area (Å²) in [6.07, 6.45) is 0. The normalized spacial score (nSPS) is 10.2. The molecule has 1 aromatic heterocycles. The van der Waals surface area contributed by atoms with Crippen LogP contribution in [-0.4, -0.2) is 15.0 Å². The summed E-state index contributed by atoms with van der Waals surface area (Å²) in [5, 5.41) is -0.0310. The maximum Gasteiger partial charge on any atom is 0.226 e. The van der Waals surface area contributed by atoms with Crippen LogP contribution in [0.5, 0.6) is 0 Å². The molecule has 0 spiro atoms. The summed E-state index contributed by atoms with van der Waals surface area (Å²) in [7, 11) is 0.